The molecule has 5 heteroatoms. The van der Waals surface area contributed by atoms with Gasteiger partial charge in [-0.2, -0.15) is 5.10 Å². The molecule has 0 saturated carbocycles. The van der Waals surface area contributed by atoms with Gasteiger partial charge in [0.2, 0.25) is 0 Å². The lowest BCUT2D eigenvalue weighted by Gasteiger charge is -2.22. The number of rotatable bonds is 2. The summed E-state index contributed by atoms with van der Waals surface area (Å²) in [6.45, 7) is 0. The summed E-state index contributed by atoms with van der Waals surface area (Å²) in [7, 11) is 6.27. The van der Waals surface area contributed by atoms with Gasteiger partial charge in [-0.3, -0.25) is 14.6 Å². The van der Waals surface area contributed by atoms with Gasteiger partial charge in [-0.05, 0) is 6.07 Å². The largest absolute Gasteiger partial charge is 0.295 e. The number of quaternary nitrogens is 1. The molecule has 2 heterocycles. The van der Waals surface area contributed by atoms with E-state index in [4.69, 9.17) is 11.6 Å². The number of nitrogens with one attached hydrogen (secondary N) is 1. The number of H-pyrrole nitrogens is 1. The highest BCUT2D eigenvalue weighted by molar-refractivity contribution is 6.30. The van der Waals surface area contributed by atoms with E-state index in [1.54, 1.807) is 12.4 Å². The summed E-state index contributed by atoms with van der Waals surface area (Å²) in [6, 6.07) is 1.88. The highest BCUT2D eigenvalue weighted by Crippen LogP contribution is 2.30. The summed E-state index contributed by atoms with van der Waals surface area (Å²) in [5.74, 6) is 0. The van der Waals surface area contributed by atoms with Crippen molar-refractivity contribution in [3.05, 3.63) is 29.7 Å². The topological polar surface area (TPSA) is 41.6 Å². The molecular formula is C11H14ClN4+. The van der Waals surface area contributed by atoms with Crippen LogP contribution in [0.25, 0.3) is 11.3 Å². The lowest BCUT2D eigenvalue weighted by Crippen LogP contribution is -2.34. The molecule has 0 amide bonds. The van der Waals surface area contributed by atoms with Crippen molar-refractivity contribution in [3.63, 3.8) is 0 Å². The predicted molar refractivity (Wildman–Crippen MR) is 66.4 cm³/mol. The first-order valence-electron chi connectivity index (χ1n) is 4.95. The second-order valence-corrected chi connectivity index (χ2v) is 4.97. The zero-order chi connectivity index (χ0) is 11.8. The fourth-order valence-electron chi connectivity index (χ4n) is 1.55. The molecule has 0 aliphatic carbocycles. The van der Waals surface area contributed by atoms with Gasteiger partial charge in [0, 0.05) is 18.0 Å². The van der Waals surface area contributed by atoms with Crippen LogP contribution in [0.15, 0.2) is 24.7 Å². The summed E-state index contributed by atoms with van der Waals surface area (Å²) in [5.41, 5.74) is 3.01. The average molecular weight is 238 g/mol. The standard InChI is InChI=1S/C11H14ClN4/c1-16(2,3)10-7-14-15-11(10)8-4-9(12)6-13-5-8/h4-7H,1-3H3,(H,14,15)/q+1. The number of halogens is 1. The van der Waals surface area contributed by atoms with E-state index >= 15 is 0 Å². The van der Waals surface area contributed by atoms with Gasteiger partial charge >= 0.3 is 0 Å². The quantitative estimate of drug-likeness (QED) is 0.815. The van der Waals surface area contributed by atoms with E-state index in [9.17, 15) is 0 Å². The Hall–Kier alpha value is -1.39. The molecule has 2 aromatic heterocycles. The Labute approximate surface area is 99.5 Å². The van der Waals surface area contributed by atoms with E-state index in [1.165, 1.54) is 0 Å². The first kappa shape index (κ1) is 11.1. The van der Waals surface area contributed by atoms with E-state index in [-0.39, 0.29) is 0 Å². The summed E-state index contributed by atoms with van der Waals surface area (Å²) >= 11 is 5.93. The van der Waals surface area contributed by atoms with Crippen LogP contribution in [0.4, 0.5) is 5.69 Å². The van der Waals surface area contributed by atoms with E-state index in [0.717, 1.165) is 16.9 Å². The normalized spacial score (nSPS) is 11.8. The van der Waals surface area contributed by atoms with Crippen LogP contribution in [0, 0.1) is 0 Å². The third-order valence-corrected chi connectivity index (χ3v) is 2.54. The van der Waals surface area contributed by atoms with Gasteiger partial charge < -0.3 is 0 Å². The van der Waals surface area contributed by atoms with Crippen LogP contribution in [0.3, 0.4) is 0 Å². The molecule has 0 aliphatic heterocycles. The van der Waals surface area contributed by atoms with Crippen molar-refractivity contribution in [3.8, 4) is 11.3 Å². The molecule has 1 N–H and O–H groups in total. The van der Waals surface area contributed by atoms with Gasteiger partial charge in [0.25, 0.3) is 0 Å². The molecule has 0 spiro atoms. The van der Waals surface area contributed by atoms with Crippen LogP contribution in [0.2, 0.25) is 5.02 Å². The first-order chi connectivity index (χ1) is 7.48. The molecule has 0 atom stereocenters. The SMILES string of the molecule is C[N+](C)(C)c1cn[nH]c1-c1cncc(Cl)c1. The molecule has 0 fully saturated rings. The Morgan fingerprint density at radius 1 is 1.19 bits per heavy atom. The first-order valence-corrected chi connectivity index (χ1v) is 5.32. The summed E-state index contributed by atoms with van der Waals surface area (Å²) < 4.78 is 0.693. The Bertz CT molecular complexity index is 499. The molecule has 0 saturated heterocycles. The van der Waals surface area contributed by atoms with Crippen LogP contribution in [0.5, 0.6) is 0 Å². The Balaban J connectivity index is 2.53. The second-order valence-electron chi connectivity index (χ2n) is 4.53. The Morgan fingerprint density at radius 3 is 2.56 bits per heavy atom. The van der Waals surface area contributed by atoms with Crippen molar-refractivity contribution in [2.24, 2.45) is 0 Å². The number of hydrogen-bond acceptors (Lipinski definition) is 2. The maximum atomic E-state index is 5.93. The van der Waals surface area contributed by atoms with Crippen molar-refractivity contribution in [1.29, 1.82) is 0 Å². The molecule has 2 aromatic rings. The monoisotopic (exact) mass is 237 g/mol. The van der Waals surface area contributed by atoms with Gasteiger partial charge in [-0.1, -0.05) is 11.6 Å². The third-order valence-electron chi connectivity index (χ3n) is 2.34. The zero-order valence-electron chi connectivity index (χ0n) is 9.53. The lowest BCUT2D eigenvalue weighted by atomic mass is 10.2. The highest BCUT2D eigenvalue weighted by Gasteiger charge is 2.21. The fourth-order valence-corrected chi connectivity index (χ4v) is 1.72. The van der Waals surface area contributed by atoms with Gasteiger partial charge in [0.15, 0.2) is 5.69 Å². The van der Waals surface area contributed by atoms with E-state index < -0.39 is 0 Å². The minimum atomic E-state index is 0.624. The van der Waals surface area contributed by atoms with Crippen LogP contribution in [0.1, 0.15) is 0 Å². The summed E-state index contributed by atoms with van der Waals surface area (Å²) in [4.78, 5) is 4.08. The average Bonchev–Trinajstić information content (AvgIpc) is 2.65. The zero-order valence-corrected chi connectivity index (χ0v) is 10.3. The molecule has 4 nitrogen and oxygen atoms in total. The minimum absolute atomic E-state index is 0.624. The van der Waals surface area contributed by atoms with Crippen LogP contribution in [-0.4, -0.2) is 36.3 Å². The molecule has 0 bridgehead atoms. The second kappa shape index (κ2) is 3.88. The lowest BCUT2D eigenvalue weighted by molar-refractivity contribution is 0.488. The van der Waals surface area contributed by atoms with Gasteiger partial charge in [0.1, 0.15) is 11.9 Å². The number of hydrogen-bond donors (Lipinski definition) is 1. The van der Waals surface area contributed by atoms with Crippen LogP contribution < -0.4 is 4.48 Å². The molecule has 0 unspecified atom stereocenters. The van der Waals surface area contributed by atoms with Crippen LogP contribution >= 0.6 is 11.6 Å². The van der Waals surface area contributed by atoms with Crippen molar-refractivity contribution in [2.75, 3.05) is 21.1 Å². The van der Waals surface area contributed by atoms with Crippen molar-refractivity contribution >= 4 is 17.3 Å². The molecule has 2 rings (SSSR count). The maximum absolute atomic E-state index is 5.93. The van der Waals surface area contributed by atoms with Crippen molar-refractivity contribution in [2.45, 2.75) is 0 Å². The minimum Gasteiger partial charge on any atom is -0.295 e. The molecule has 0 radical (unpaired) electrons. The molecule has 16 heavy (non-hydrogen) atoms. The molecule has 0 aromatic carbocycles. The highest BCUT2D eigenvalue weighted by atomic mass is 35.5. The van der Waals surface area contributed by atoms with Crippen molar-refractivity contribution < 1.29 is 0 Å². The molecular weight excluding hydrogens is 224 g/mol. The number of aromatic nitrogens is 3. The molecule has 84 valence electrons. The van der Waals surface area contributed by atoms with Gasteiger partial charge in [-0.15, -0.1) is 0 Å². The van der Waals surface area contributed by atoms with Crippen LogP contribution in [-0.2, 0) is 0 Å². The smallest absolute Gasteiger partial charge is 0.178 e. The summed E-state index contributed by atoms with van der Waals surface area (Å²) in [6.07, 6.45) is 5.22. The van der Waals surface area contributed by atoms with Gasteiger partial charge in [0.05, 0.1) is 26.2 Å². The van der Waals surface area contributed by atoms with Crippen molar-refractivity contribution in [1.82, 2.24) is 19.7 Å². The Morgan fingerprint density at radius 2 is 1.94 bits per heavy atom. The van der Waals surface area contributed by atoms with E-state index in [1.807, 2.05) is 12.3 Å². The maximum Gasteiger partial charge on any atom is 0.178 e. The fraction of sp³-hybridized carbons (Fsp3) is 0.273. The third kappa shape index (κ3) is 2.08. The number of aromatic amines is 1. The van der Waals surface area contributed by atoms with E-state index in [2.05, 4.69) is 36.3 Å². The van der Waals surface area contributed by atoms with Gasteiger partial charge in [-0.25, -0.2) is 0 Å². The predicted octanol–water partition coefficient (Wildman–Crippen LogP) is 2.32. The summed E-state index contributed by atoms with van der Waals surface area (Å²) in [5, 5.41) is 7.70. The number of nitrogens with zero attached hydrogens (tertiary/aromatic N) is 3. The number of pyridine rings is 1. The Kier molecular flexibility index (Phi) is 2.69. The molecule has 0 aliphatic rings. The van der Waals surface area contributed by atoms with E-state index in [0.29, 0.717) is 9.51 Å².